The summed E-state index contributed by atoms with van der Waals surface area (Å²) in [7, 11) is 0. The van der Waals surface area contributed by atoms with Crippen LogP contribution in [0.4, 0.5) is 0 Å². The minimum atomic E-state index is -0.955. The van der Waals surface area contributed by atoms with Gasteiger partial charge in [0.25, 0.3) is 0 Å². The largest absolute Gasteiger partial charge is 0.486 e. The van der Waals surface area contributed by atoms with Crippen LogP contribution in [0.1, 0.15) is 11.1 Å². The molecule has 0 bridgehead atoms. The Labute approximate surface area is 171 Å². The number of fused-ring (bicyclic) bond motifs is 2. The van der Waals surface area contributed by atoms with E-state index in [9.17, 15) is 9.59 Å². The molecule has 10 nitrogen and oxygen atoms in total. The first-order valence-corrected chi connectivity index (χ1v) is 9.15. The van der Waals surface area contributed by atoms with Gasteiger partial charge in [-0.05, 0) is 47.5 Å². The Morgan fingerprint density at radius 1 is 0.667 bits per heavy atom. The number of nitrogens with one attached hydrogen (secondary N) is 2. The van der Waals surface area contributed by atoms with E-state index in [2.05, 4.69) is 21.1 Å². The molecule has 0 radical (unpaired) electrons. The Balaban J connectivity index is 1.27. The van der Waals surface area contributed by atoms with Gasteiger partial charge in [-0.25, -0.2) is 10.9 Å². The highest BCUT2D eigenvalue weighted by molar-refractivity contribution is 6.35. The molecular weight excluding hydrogens is 392 g/mol. The highest BCUT2D eigenvalue weighted by Crippen LogP contribution is 2.31. The summed E-state index contributed by atoms with van der Waals surface area (Å²) in [5, 5.41) is 7.52. The van der Waals surface area contributed by atoms with Gasteiger partial charge >= 0.3 is 11.8 Å². The van der Waals surface area contributed by atoms with E-state index in [1.54, 1.807) is 36.4 Å². The lowest BCUT2D eigenvalue weighted by Gasteiger charge is -2.18. The molecule has 0 aliphatic carbocycles. The molecule has 154 valence electrons. The third-order valence-corrected chi connectivity index (χ3v) is 4.10. The van der Waals surface area contributed by atoms with Gasteiger partial charge in [-0.3, -0.25) is 9.59 Å². The van der Waals surface area contributed by atoms with Crippen molar-refractivity contribution in [3.8, 4) is 23.0 Å². The number of carbonyl (C=O) groups is 2. The van der Waals surface area contributed by atoms with Crippen molar-refractivity contribution in [1.29, 1.82) is 0 Å². The molecule has 4 rings (SSSR count). The Kier molecular flexibility index (Phi) is 5.74. The Morgan fingerprint density at radius 2 is 1.07 bits per heavy atom. The van der Waals surface area contributed by atoms with Gasteiger partial charge in [0.1, 0.15) is 26.4 Å². The standard InChI is InChI=1S/C20H18N4O6/c25-19(23-21-11-13-1-3-15-17(9-13)29-7-5-27-15)20(26)24-22-12-14-2-4-16-18(10-14)30-8-6-28-16/h1-4,9-12H,5-8H2,(H,23,25)(H,24,26)/b21-11-,22-12-. The first-order valence-electron chi connectivity index (χ1n) is 9.15. The van der Waals surface area contributed by atoms with Crippen molar-refractivity contribution in [2.45, 2.75) is 0 Å². The zero-order valence-electron chi connectivity index (χ0n) is 15.8. The number of hydrogen-bond acceptors (Lipinski definition) is 8. The summed E-state index contributed by atoms with van der Waals surface area (Å²) in [6.45, 7) is 1.94. The van der Waals surface area contributed by atoms with Crippen LogP contribution in [0.3, 0.4) is 0 Å². The van der Waals surface area contributed by atoms with Gasteiger partial charge in [0.05, 0.1) is 12.4 Å². The van der Waals surface area contributed by atoms with Crippen LogP contribution in [0.25, 0.3) is 0 Å². The lowest BCUT2D eigenvalue weighted by Crippen LogP contribution is -2.35. The van der Waals surface area contributed by atoms with E-state index >= 15 is 0 Å². The number of amides is 2. The fourth-order valence-corrected chi connectivity index (χ4v) is 2.71. The lowest BCUT2D eigenvalue weighted by molar-refractivity contribution is -0.139. The molecule has 2 aliphatic heterocycles. The normalized spacial score (nSPS) is 14.5. The van der Waals surface area contributed by atoms with Gasteiger partial charge in [0.2, 0.25) is 0 Å². The molecule has 0 saturated heterocycles. The van der Waals surface area contributed by atoms with Crippen LogP contribution >= 0.6 is 0 Å². The molecule has 10 heteroatoms. The monoisotopic (exact) mass is 410 g/mol. The van der Waals surface area contributed by atoms with E-state index in [4.69, 9.17) is 18.9 Å². The molecule has 30 heavy (non-hydrogen) atoms. The molecule has 2 N–H and O–H groups in total. The van der Waals surface area contributed by atoms with Crippen LogP contribution in [0.5, 0.6) is 23.0 Å². The Bertz CT molecular complexity index is 939. The molecule has 0 spiro atoms. The predicted octanol–water partition coefficient (Wildman–Crippen LogP) is 0.829. The number of carbonyl (C=O) groups excluding carboxylic acids is 2. The van der Waals surface area contributed by atoms with Crippen LogP contribution in [0, 0.1) is 0 Å². The van der Waals surface area contributed by atoms with Crippen molar-refractivity contribution in [3.05, 3.63) is 47.5 Å². The number of nitrogens with zero attached hydrogens (tertiary/aromatic N) is 2. The molecule has 0 saturated carbocycles. The number of hydrogen-bond donors (Lipinski definition) is 2. The summed E-state index contributed by atoms with van der Waals surface area (Å²) >= 11 is 0. The van der Waals surface area contributed by atoms with E-state index in [0.29, 0.717) is 60.6 Å². The minimum absolute atomic E-state index is 0.470. The fourth-order valence-electron chi connectivity index (χ4n) is 2.71. The first-order chi connectivity index (χ1) is 14.7. The number of ether oxygens (including phenoxy) is 4. The molecule has 2 aliphatic rings. The second-order valence-electron chi connectivity index (χ2n) is 6.20. The smallest absolute Gasteiger partial charge is 0.331 e. The highest BCUT2D eigenvalue weighted by Gasteiger charge is 2.13. The zero-order chi connectivity index (χ0) is 20.8. The summed E-state index contributed by atoms with van der Waals surface area (Å²) in [6.07, 6.45) is 2.78. The summed E-state index contributed by atoms with van der Waals surface area (Å²) in [4.78, 5) is 23.6. The van der Waals surface area contributed by atoms with Crippen LogP contribution in [-0.4, -0.2) is 50.7 Å². The molecule has 0 fully saturated rings. The third kappa shape index (κ3) is 4.66. The highest BCUT2D eigenvalue weighted by atomic mass is 16.6. The van der Waals surface area contributed by atoms with Crippen LogP contribution in [0.15, 0.2) is 46.6 Å². The van der Waals surface area contributed by atoms with Crippen LogP contribution < -0.4 is 29.8 Å². The van der Waals surface area contributed by atoms with E-state index in [0.717, 1.165) is 0 Å². The second kappa shape index (κ2) is 8.95. The second-order valence-corrected chi connectivity index (χ2v) is 6.20. The molecule has 0 atom stereocenters. The summed E-state index contributed by atoms with van der Waals surface area (Å²) in [5.41, 5.74) is 5.63. The third-order valence-electron chi connectivity index (χ3n) is 4.10. The predicted molar refractivity (Wildman–Crippen MR) is 106 cm³/mol. The topological polar surface area (TPSA) is 120 Å². The SMILES string of the molecule is O=C(N/N=C\c1ccc2c(c1)OCCO2)C(=O)N/N=C\c1ccc2c(c1)OCCO2. The lowest BCUT2D eigenvalue weighted by atomic mass is 10.2. The van der Waals surface area contributed by atoms with Crippen LogP contribution in [0.2, 0.25) is 0 Å². The number of rotatable bonds is 4. The van der Waals surface area contributed by atoms with Gasteiger partial charge < -0.3 is 18.9 Å². The maximum atomic E-state index is 11.8. The molecule has 2 amide bonds. The molecule has 2 aromatic rings. The Morgan fingerprint density at radius 3 is 1.50 bits per heavy atom. The minimum Gasteiger partial charge on any atom is -0.486 e. The van der Waals surface area contributed by atoms with Crippen molar-refractivity contribution in [2.75, 3.05) is 26.4 Å². The van der Waals surface area contributed by atoms with Crippen molar-refractivity contribution in [1.82, 2.24) is 10.9 Å². The maximum absolute atomic E-state index is 11.8. The van der Waals surface area contributed by atoms with Crippen molar-refractivity contribution in [2.24, 2.45) is 10.2 Å². The fraction of sp³-hybridized carbons (Fsp3) is 0.200. The van der Waals surface area contributed by atoms with Crippen molar-refractivity contribution < 1.29 is 28.5 Å². The summed E-state index contributed by atoms with van der Waals surface area (Å²) < 4.78 is 21.8. The van der Waals surface area contributed by atoms with Crippen molar-refractivity contribution in [3.63, 3.8) is 0 Å². The van der Waals surface area contributed by atoms with E-state index in [1.807, 2.05) is 0 Å². The van der Waals surface area contributed by atoms with E-state index < -0.39 is 11.8 Å². The van der Waals surface area contributed by atoms with Gasteiger partial charge in [-0.2, -0.15) is 10.2 Å². The molecule has 2 aromatic carbocycles. The molecule has 0 aromatic heterocycles. The van der Waals surface area contributed by atoms with Gasteiger partial charge in [-0.15, -0.1) is 0 Å². The Hall–Kier alpha value is -4.08. The van der Waals surface area contributed by atoms with E-state index in [-0.39, 0.29) is 0 Å². The zero-order valence-corrected chi connectivity index (χ0v) is 15.8. The summed E-state index contributed by atoms with van der Waals surface area (Å²) in [6, 6.07) is 10.4. The first kappa shape index (κ1) is 19.2. The van der Waals surface area contributed by atoms with Gasteiger partial charge in [0.15, 0.2) is 23.0 Å². The van der Waals surface area contributed by atoms with E-state index in [1.165, 1.54) is 12.4 Å². The molecular formula is C20H18N4O6. The maximum Gasteiger partial charge on any atom is 0.331 e. The van der Waals surface area contributed by atoms with Gasteiger partial charge in [-0.1, -0.05) is 0 Å². The average Bonchev–Trinajstić information content (AvgIpc) is 2.78. The van der Waals surface area contributed by atoms with Gasteiger partial charge in [0, 0.05) is 0 Å². The summed E-state index contributed by atoms with van der Waals surface area (Å²) in [5.74, 6) is 0.590. The number of hydrazone groups is 2. The van der Waals surface area contributed by atoms with Crippen molar-refractivity contribution >= 4 is 24.2 Å². The average molecular weight is 410 g/mol. The number of benzene rings is 2. The molecule has 0 unspecified atom stereocenters. The quantitative estimate of drug-likeness (QED) is 0.438. The molecule has 2 heterocycles. The van der Waals surface area contributed by atoms with Crippen LogP contribution in [-0.2, 0) is 9.59 Å².